The Morgan fingerprint density at radius 1 is 1.11 bits per heavy atom. The van der Waals surface area contributed by atoms with Gasteiger partial charge in [0.15, 0.2) is 0 Å². The summed E-state index contributed by atoms with van der Waals surface area (Å²) in [5.74, 6) is -0.674. The molecule has 2 amide bonds. The summed E-state index contributed by atoms with van der Waals surface area (Å²) in [5, 5.41) is 2.97. The minimum absolute atomic E-state index is 0.107. The molecular formula is C23H31F3N2O6S. The number of rotatable bonds is 5. The molecule has 35 heavy (non-hydrogen) atoms. The van der Waals surface area contributed by atoms with Crippen molar-refractivity contribution in [1.82, 2.24) is 10.2 Å². The van der Waals surface area contributed by atoms with Gasteiger partial charge in [0.1, 0.15) is 11.4 Å². The second kappa shape index (κ2) is 10.2. The first-order valence-corrected chi connectivity index (χ1v) is 13.0. The van der Waals surface area contributed by atoms with Gasteiger partial charge in [0.05, 0.1) is 6.04 Å². The van der Waals surface area contributed by atoms with E-state index in [1.54, 1.807) is 25.7 Å². The SMILES string of the molecule is CC(C)(C)OC(=O)N1CCCC[C@H]1CC(=O)N[C@@H]1CCCc2cc(OS(=O)(=O)C(F)(F)F)ccc21. The molecule has 1 fully saturated rings. The number of aryl methyl sites for hydroxylation is 1. The summed E-state index contributed by atoms with van der Waals surface area (Å²) >= 11 is 0. The summed E-state index contributed by atoms with van der Waals surface area (Å²) in [6, 6.07) is 3.23. The maximum Gasteiger partial charge on any atom is 0.534 e. The van der Waals surface area contributed by atoms with Gasteiger partial charge in [-0.25, -0.2) is 4.79 Å². The number of benzene rings is 1. The van der Waals surface area contributed by atoms with Gasteiger partial charge >= 0.3 is 21.7 Å². The normalized spacial score (nSPS) is 21.1. The second-order valence-corrected chi connectivity index (χ2v) is 11.4. The highest BCUT2D eigenvalue weighted by molar-refractivity contribution is 7.88. The Balaban J connectivity index is 1.67. The van der Waals surface area contributed by atoms with Crippen molar-refractivity contribution in [3.63, 3.8) is 0 Å². The Hall–Kier alpha value is -2.50. The largest absolute Gasteiger partial charge is 0.534 e. The van der Waals surface area contributed by atoms with Gasteiger partial charge in [-0.15, -0.1) is 0 Å². The van der Waals surface area contributed by atoms with E-state index in [4.69, 9.17) is 4.74 Å². The van der Waals surface area contributed by atoms with Crippen LogP contribution in [0.5, 0.6) is 5.75 Å². The number of likely N-dealkylation sites (tertiary alicyclic amines) is 1. The number of nitrogens with zero attached hydrogens (tertiary/aromatic N) is 1. The zero-order valence-corrected chi connectivity index (χ0v) is 20.8. The predicted molar refractivity (Wildman–Crippen MR) is 121 cm³/mol. The van der Waals surface area contributed by atoms with Crippen LogP contribution in [0.25, 0.3) is 0 Å². The van der Waals surface area contributed by atoms with Crippen LogP contribution < -0.4 is 9.50 Å². The minimum atomic E-state index is -5.76. The third-order valence-electron chi connectivity index (χ3n) is 5.93. The molecule has 1 aliphatic carbocycles. The summed E-state index contributed by atoms with van der Waals surface area (Å²) in [6.07, 6.45) is 3.87. The van der Waals surface area contributed by atoms with E-state index >= 15 is 0 Å². The molecule has 0 unspecified atom stereocenters. The van der Waals surface area contributed by atoms with E-state index in [0.29, 0.717) is 43.4 Å². The average Bonchev–Trinajstić information content (AvgIpc) is 2.71. The third-order valence-corrected chi connectivity index (χ3v) is 6.91. The lowest BCUT2D eigenvalue weighted by Crippen LogP contribution is -2.48. The zero-order valence-electron chi connectivity index (χ0n) is 20.0. The van der Waals surface area contributed by atoms with Crippen LogP contribution in [0.3, 0.4) is 0 Å². The summed E-state index contributed by atoms with van der Waals surface area (Å²) in [4.78, 5) is 27.1. The first kappa shape index (κ1) is 27.1. The van der Waals surface area contributed by atoms with Crippen molar-refractivity contribution in [2.24, 2.45) is 0 Å². The molecule has 0 saturated carbocycles. The molecule has 1 aliphatic heterocycles. The predicted octanol–water partition coefficient (Wildman–Crippen LogP) is 4.59. The van der Waals surface area contributed by atoms with Gasteiger partial charge in [0, 0.05) is 19.0 Å². The van der Waals surface area contributed by atoms with Gasteiger partial charge in [-0.3, -0.25) is 4.79 Å². The topological polar surface area (TPSA) is 102 Å². The summed E-state index contributed by atoms with van der Waals surface area (Å²) in [5.41, 5.74) is -4.85. The molecule has 3 rings (SSSR count). The van der Waals surface area contributed by atoms with Gasteiger partial charge in [-0.05, 0) is 82.6 Å². The van der Waals surface area contributed by atoms with E-state index in [1.807, 2.05) is 0 Å². The van der Waals surface area contributed by atoms with Crippen molar-refractivity contribution in [3.8, 4) is 5.75 Å². The number of amides is 2. The Labute approximate surface area is 203 Å². The molecule has 2 aliphatic rings. The molecular weight excluding hydrogens is 489 g/mol. The Bertz CT molecular complexity index is 1050. The fourth-order valence-electron chi connectivity index (χ4n) is 4.41. The van der Waals surface area contributed by atoms with Gasteiger partial charge in [0.2, 0.25) is 5.91 Å². The Morgan fingerprint density at radius 3 is 2.49 bits per heavy atom. The van der Waals surface area contributed by atoms with Crippen molar-refractivity contribution >= 4 is 22.1 Å². The van der Waals surface area contributed by atoms with E-state index in [0.717, 1.165) is 18.9 Å². The number of halogens is 3. The zero-order chi connectivity index (χ0) is 26.0. The van der Waals surface area contributed by atoms with E-state index < -0.39 is 33.1 Å². The third kappa shape index (κ3) is 7.02. The van der Waals surface area contributed by atoms with Crippen molar-refractivity contribution in [3.05, 3.63) is 29.3 Å². The van der Waals surface area contributed by atoms with Gasteiger partial charge in [-0.1, -0.05) is 6.07 Å². The number of hydrogen-bond acceptors (Lipinski definition) is 6. The molecule has 1 N–H and O–H groups in total. The second-order valence-electron chi connectivity index (χ2n) is 9.88. The number of ether oxygens (including phenoxy) is 1. The molecule has 1 aromatic carbocycles. The van der Waals surface area contributed by atoms with Gasteiger partial charge < -0.3 is 19.1 Å². The summed E-state index contributed by atoms with van der Waals surface area (Å²) < 4.78 is 70.2. The molecule has 1 saturated heterocycles. The molecule has 196 valence electrons. The van der Waals surface area contributed by atoms with Gasteiger partial charge in [0.25, 0.3) is 0 Å². The number of hydrogen-bond donors (Lipinski definition) is 1. The number of carbonyl (C=O) groups is 2. The van der Waals surface area contributed by atoms with Crippen LogP contribution in [0.15, 0.2) is 18.2 Å². The van der Waals surface area contributed by atoms with E-state index in [9.17, 15) is 31.2 Å². The maximum absolute atomic E-state index is 12.9. The molecule has 8 nitrogen and oxygen atoms in total. The quantitative estimate of drug-likeness (QED) is 0.450. The first-order valence-electron chi connectivity index (χ1n) is 11.6. The van der Waals surface area contributed by atoms with Crippen molar-refractivity contribution in [1.29, 1.82) is 0 Å². The molecule has 0 bridgehead atoms. The molecule has 12 heteroatoms. The van der Waals surface area contributed by atoms with Crippen LogP contribution >= 0.6 is 0 Å². The standard InChI is InChI=1S/C23H31F3N2O6S/c1-22(2,3)33-21(30)28-12-5-4-8-16(28)14-20(29)27-19-9-6-7-15-13-17(10-11-18(15)19)34-35(31,32)23(24,25)26/h10-11,13,16,19H,4-9,12,14H2,1-3H3,(H,27,29)/t16-,19+/m0/s1. The van der Waals surface area contributed by atoms with E-state index in [-0.39, 0.29) is 24.4 Å². The number of alkyl halides is 3. The van der Waals surface area contributed by atoms with Crippen LogP contribution in [0.2, 0.25) is 0 Å². The lowest BCUT2D eigenvalue weighted by molar-refractivity contribution is -0.123. The van der Waals surface area contributed by atoms with E-state index in [2.05, 4.69) is 9.50 Å². The lowest BCUT2D eigenvalue weighted by Gasteiger charge is -2.37. The Kier molecular flexibility index (Phi) is 7.93. The smallest absolute Gasteiger partial charge is 0.444 e. The summed E-state index contributed by atoms with van der Waals surface area (Å²) in [7, 11) is -5.76. The highest BCUT2D eigenvalue weighted by Gasteiger charge is 2.48. The lowest BCUT2D eigenvalue weighted by atomic mass is 9.87. The molecule has 0 aromatic heterocycles. The minimum Gasteiger partial charge on any atom is -0.444 e. The fraction of sp³-hybridized carbons (Fsp3) is 0.652. The summed E-state index contributed by atoms with van der Waals surface area (Å²) in [6.45, 7) is 5.87. The van der Waals surface area contributed by atoms with E-state index in [1.165, 1.54) is 12.1 Å². The average molecular weight is 521 g/mol. The molecule has 1 aromatic rings. The first-order chi connectivity index (χ1) is 16.2. The van der Waals surface area contributed by atoms with Crippen molar-refractivity contribution in [2.75, 3.05) is 6.54 Å². The highest BCUT2D eigenvalue weighted by atomic mass is 32.2. The maximum atomic E-state index is 12.9. The highest BCUT2D eigenvalue weighted by Crippen LogP contribution is 2.34. The molecule has 0 spiro atoms. The number of carbonyl (C=O) groups excluding carboxylic acids is 2. The van der Waals surface area contributed by atoms with Crippen molar-refractivity contribution < 1.29 is 40.1 Å². The number of piperidine rings is 1. The number of nitrogens with one attached hydrogen (secondary N) is 1. The van der Waals surface area contributed by atoms with Crippen LogP contribution in [-0.2, 0) is 26.1 Å². The number of fused-ring (bicyclic) bond motifs is 1. The van der Waals surface area contributed by atoms with Crippen LogP contribution in [0.4, 0.5) is 18.0 Å². The van der Waals surface area contributed by atoms with Gasteiger partial charge in [-0.2, -0.15) is 21.6 Å². The molecule has 0 radical (unpaired) electrons. The molecule has 1 heterocycles. The van der Waals surface area contributed by atoms with Crippen LogP contribution in [-0.4, -0.2) is 49.0 Å². The van der Waals surface area contributed by atoms with Crippen LogP contribution in [0.1, 0.15) is 76.5 Å². The van der Waals surface area contributed by atoms with Crippen molar-refractivity contribution in [2.45, 2.75) is 88.9 Å². The fourth-order valence-corrected chi connectivity index (χ4v) is 4.86. The Morgan fingerprint density at radius 2 is 1.83 bits per heavy atom. The molecule has 2 atom stereocenters. The monoisotopic (exact) mass is 520 g/mol. The van der Waals surface area contributed by atoms with Crippen LogP contribution in [0, 0.1) is 0 Å².